The maximum Gasteiger partial charge on any atom is 0.248 e. The molecule has 2 nitrogen and oxygen atoms in total. The van der Waals surface area contributed by atoms with Gasteiger partial charge < -0.3 is 5.32 Å². The number of amides is 1. The summed E-state index contributed by atoms with van der Waals surface area (Å²) in [4.78, 5) is 11.9. The van der Waals surface area contributed by atoms with Crippen molar-refractivity contribution in [1.82, 2.24) is 0 Å². The first-order valence-corrected chi connectivity index (χ1v) is 6.81. The molecule has 0 unspecified atom stereocenters. The third-order valence-corrected chi connectivity index (χ3v) is 3.35. The van der Waals surface area contributed by atoms with Crippen LogP contribution in [-0.2, 0) is 4.79 Å². The van der Waals surface area contributed by atoms with Crippen molar-refractivity contribution in [2.24, 2.45) is 0 Å². The number of halogens is 2. The van der Waals surface area contributed by atoms with Gasteiger partial charge in [0.05, 0.1) is 0 Å². The van der Waals surface area contributed by atoms with Crippen LogP contribution >= 0.6 is 23.2 Å². The Hall–Kier alpha value is -1.77. The van der Waals surface area contributed by atoms with Gasteiger partial charge in [-0.25, -0.2) is 0 Å². The number of aryl methyl sites for hydroxylation is 1. The third-order valence-electron chi connectivity index (χ3n) is 2.77. The molecule has 0 fully saturated rings. The summed E-state index contributed by atoms with van der Waals surface area (Å²) in [5.41, 5.74) is 2.46. The largest absolute Gasteiger partial charge is 0.322 e. The minimum Gasteiger partial charge on any atom is -0.322 e. The zero-order chi connectivity index (χ0) is 14.5. The standard InChI is InChI=1S/C16H13Cl2NO/c1-11-10-13(17)7-8-15(11)19-16(20)9-6-12-4-2-3-5-14(12)18/h2-10H,1H3,(H,19,20). The molecule has 2 rings (SSSR count). The predicted octanol–water partition coefficient (Wildman–Crippen LogP) is 4.95. The molecule has 0 aliphatic carbocycles. The molecule has 0 heterocycles. The first-order chi connectivity index (χ1) is 9.56. The Morgan fingerprint density at radius 3 is 2.60 bits per heavy atom. The molecule has 2 aromatic carbocycles. The van der Waals surface area contributed by atoms with E-state index in [4.69, 9.17) is 23.2 Å². The summed E-state index contributed by atoms with van der Waals surface area (Å²) >= 11 is 11.9. The van der Waals surface area contributed by atoms with E-state index in [1.165, 1.54) is 6.08 Å². The van der Waals surface area contributed by atoms with Crippen molar-refractivity contribution in [3.05, 3.63) is 69.7 Å². The summed E-state index contributed by atoms with van der Waals surface area (Å²) in [6.07, 6.45) is 3.14. The Balaban J connectivity index is 2.08. The molecule has 4 heteroatoms. The normalized spacial score (nSPS) is 10.8. The van der Waals surface area contributed by atoms with E-state index >= 15 is 0 Å². The second kappa shape index (κ2) is 6.60. The molecule has 0 bridgehead atoms. The van der Waals surface area contributed by atoms with Gasteiger partial charge in [-0.15, -0.1) is 0 Å². The van der Waals surface area contributed by atoms with Crippen LogP contribution in [-0.4, -0.2) is 5.91 Å². The van der Waals surface area contributed by atoms with E-state index in [1.54, 1.807) is 30.3 Å². The molecule has 0 aromatic heterocycles. The van der Waals surface area contributed by atoms with Crippen molar-refractivity contribution < 1.29 is 4.79 Å². The Labute approximate surface area is 128 Å². The van der Waals surface area contributed by atoms with Crippen LogP contribution in [0.1, 0.15) is 11.1 Å². The number of anilines is 1. The fraction of sp³-hybridized carbons (Fsp3) is 0.0625. The lowest BCUT2D eigenvalue weighted by molar-refractivity contribution is -0.111. The molecular weight excluding hydrogens is 293 g/mol. The Kier molecular flexibility index (Phi) is 4.83. The van der Waals surface area contributed by atoms with Crippen LogP contribution in [0.5, 0.6) is 0 Å². The highest BCUT2D eigenvalue weighted by Crippen LogP contribution is 2.20. The SMILES string of the molecule is Cc1cc(Cl)ccc1NC(=O)C=Cc1ccccc1Cl. The first-order valence-electron chi connectivity index (χ1n) is 6.06. The molecule has 20 heavy (non-hydrogen) atoms. The lowest BCUT2D eigenvalue weighted by Gasteiger charge is -2.06. The van der Waals surface area contributed by atoms with E-state index in [0.29, 0.717) is 10.0 Å². The number of benzene rings is 2. The summed E-state index contributed by atoms with van der Waals surface area (Å²) in [5.74, 6) is -0.213. The molecule has 0 radical (unpaired) electrons. The molecule has 1 amide bonds. The fourth-order valence-electron chi connectivity index (χ4n) is 1.72. The van der Waals surface area contributed by atoms with Crippen molar-refractivity contribution in [1.29, 1.82) is 0 Å². The van der Waals surface area contributed by atoms with Crippen LogP contribution in [0.25, 0.3) is 6.08 Å². The number of carbonyl (C=O) groups is 1. The van der Waals surface area contributed by atoms with E-state index in [1.807, 2.05) is 25.1 Å². The van der Waals surface area contributed by atoms with Crippen molar-refractivity contribution in [2.75, 3.05) is 5.32 Å². The smallest absolute Gasteiger partial charge is 0.248 e. The maximum atomic E-state index is 11.9. The number of carbonyl (C=O) groups excluding carboxylic acids is 1. The lowest BCUT2D eigenvalue weighted by atomic mass is 10.2. The molecule has 0 aliphatic heterocycles. The molecule has 0 atom stereocenters. The molecule has 102 valence electrons. The van der Waals surface area contributed by atoms with Gasteiger partial charge in [-0.05, 0) is 48.4 Å². The summed E-state index contributed by atoms with van der Waals surface area (Å²) in [6, 6.07) is 12.7. The molecular formula is C16H13Cl2NO. The van der Waals surface area contributed by atoms with Gasteiger partial charge in [-0.3, -0.25) is 4.79 Å². The molecule has 2 aromatic rings. The van der Waals surface area contributed by atoms with E-state index in [-0.39, 0.29) is 5.91 Å². The van der Waals surface area contributed by atoms with Crippen LogP contribution in [0, 0.1) is 6.92 Å². The van der Waals surface area contributed by atoms with Gasteiger partial charge in [0.1, 0.15) is 0 Å². The predicted molar refractivity (Wildman–Crippen MR) is 85.3 cm³/mol. The minimum absolute atomic E-state index is 0.213. The zero-order valence-electron chi connectivity index (χ0n) is 10.9. The topological polar surface area (TPSA) is 29.1 Å². The number of hydrogen-bond donors (Lipinski definition) is 1. The average molecular weight is 306 g/mol. The van der Waals surface area contributed by atoms with Gasteiger partial charge in [-0.2, -0.15) is 0 Å². The maximum absolute atomic E-state index is 11.9. The van der Waals surface area contributed by atoms with E-state index in [2.05, 4.69) is 5.32 Å². The summed E-state index contributed by atoms with van der Waals surface area (Å²) in [5, 5.41) is 4.06. The lowest BCUT2D eigenvalue weighted by Crippen LogP contribution is -2.08. The van der Waals surface area contributed by atoms with Crippen molar-refractivity contribution >= 4 is 40.9 Å². The summed E-state index contributed by atoms with van der Waals surface area (Å²) in [6.45, 7) is 1.89. The molecule has 1 N–H and O–H groups in total. The van der Waals surface area contributed by atoms with E-state index in [0.717, 1.165) is 16.8 Å². The van der Waals surface area contributed by atoms with Gasteiger partial charge in [0.25, 0.3) is 0 Å². The Morgan fingerprint density at radius 1 is 1.15 bits per heavy atom. The van der Waals surface area contributed by atoms with Crippen molar-refractivity contribution in [2.45, 2.75) is 6.92 Å². The Morgan fingerprint density at radius 2 is 1.90 bits per heavy atom. The van der Waals surface area contributed by atoms with E-state index < -0.39 is 0 Å². The second-order valence-electron chi connectivity index (χ2n) is 4.30. The highest BCUT2D eigenvalue weighted by atomic mass is 35.5. The highest BCUT2D eigenvalue weighted by molar-refractivity contribution is 6.32. The molecule has 0 saturated carbocycles. The average Bonchev–Trinajstić information content (AvgIpc) is 2.41. The van der Waals surface area contributed by atoms with Crippen LogP contribution in [0.2, 0.25) is 10.0 Å². The van der Waals surface area contributed by atoms with Crippen LogP contribution < -0.4 is 5.32 Å². The van der Waals surface area contributed by atoms with Gasteiger partial charge in [0, 0.05) is 21.8 Å². The first kappa shape index (κ1) is 14.6. The monoisotopic (exact) mass is 305 g/mol. The van der Waals surface area contributed by atoms with Gasteiger partial charge in [0.2, 0.25) is 5.91 Å². The van der Waals surface area contributed by atoms with E-state index in [9.17, 15) is 4.79 Å². The number of nitrogens with one attached hydrogen (secondary N) is 1. The fourth-order valence-corrected chi connectivity index (χ4v) is 2.14. The van der Waals surface area contributed by atoms with Gasteiger partial charge in [0.15, 0.2) is 0 Å². The van der Waals surface area contributed by atoms with Crippen LogP contribution in [0.15, 0.2) is 48.5 Å². The van der Waals surface area contributed by atoms with Crippen LogP contribution in [0.3, 0.4) is 0 Å². The number of rotatable bonds is 3. The second-order valence-corrected chi connectivity index (χ2v) is 5.15. The molecule has 0 spiro atoms. The van der Waals surface area contributed by atoms with Crippen LogP contribution in [0.4, 0.5) is 5.69 Å². The van der Waals surface area contributed by atoms with Crippen molar-refractivity contribution in [3.8, 4) is 0 Å². The molecule has 0 aliphatic rings. The summed E-state index contributed by atoms with van der Waals surface area (Å²) in [7, 11) is 0. The third kappa shape index (κ3) is 3.86. The summed E-state index contributed by atoms with van der Waals surface area (Å²) < 4.78 is 0. The molecule has 0 saturated heterocycles. The van der Waals surface area contributed by atoms with Gasteiger partial charge >= 0.3 is 0 Å². The quantitative estimate of drug-likeness (QED) is 0.798. The van der Waals surface area contributed by atoms with Gasteiger partial charge in [-0.1, -0.05) is 41.4 Å². The Bertz CT molecular complexity index is 665. The van der Waals surface area contributed by atoms with Crippen molar-refractivity contribution in [3.63, 3.8) is 0 Å². The number of hydrogen-bond acceptors (Lipinski definition) is 1. The highest BCUT2D eigenvalue weighted by Gasteiger charge is 2.02. The minimum atomic E-state index is -0.213. The zero-order valence-corrected chi connectivity index (χ0v) is 12.4.